The van der Waals surface area contributed by atoms with E-state index in [1.807, 2.05) is 6.07 Å². The van der Waals surface area contributed by atoms with Crippen molar-refractivity contribution in [2.45, 2.75) is 32.7 Å². The lowest BCUT2D eigenvalue weighted by Crippen LogP contribution is -2.36. The first-order valence-corrected chi connectivity index (χ1v) is 6.37. The largest absolute Gasteiger partial charge is 0.379 e. The highest BCUT2D eigenvalue weighted by atomic mass is 16.5. The second kappa shape index (κ2) is 5.19. The van der Waals surface area contributed by atoms with Gasteiger partial charge in [0.15, 0.2) is 0 Å². The summed E-state index contributed by atoms with van der Waals surface area (Å²) in [7, 11) is 0. The van der Waals surface area contributed by atoms with E-state index in [1.165, 1.54) is 11.1 Å². The molecule has 0 aliphatic carbocycles. The summed E-state index contributed by atoms with van der Waals surface area (Å²) >= 11 is 0. The standard InChI is InChI=1S/C15H22NO/c1-15(2,3)14-7-5-4-6-13(14)12-16-8-10-17-11-9-16/h4-5,7H,8-12H2,1-3H3. The lowest BCUT2D eigenvalue weighted by atomic mass is 9.83. The Hall–Kier alpha value is -0.860. The van der Waals surface area contributed by atoms with Crippen LogP contribution in [0, 0.1) is 6.07 Å². The van der Waals surface area contributed by atoms with E-state index in [9.17, 15) is 0 Å². The van der Waals surface area contributed by atoms with Crippen LogP contribution in [0.5, 0.6) is 0 Å². The maximum Gasteiger partial charge on any atom is 0.0594 e. The van der Waals surface area contributed by atoms with Crippen LogP contribution in [-0.2, 0) is 16.7 Å². The third kappa shape index (κ3) is 3.30. The van der Waals surface area contributed by atoms with Gasteiger partial charge in [-0.05, 0) is 22.6 Å². The molecule has 1 radical (unpaired) electrons. The van der Waals surface area contributed by atoms with Crippen molar-refractivity contribution in [3.8, 4) is 0 Å². The minimum atomic E-state index is 0.194. The zero-order valence-electron chi connectivity index (χ0n) is 11.1. The molecule has 17 heavy (non-hydrogen) atoms. The minimum absolute atomic E-state index is 0.194. The van der Waals surface area contributed by atoms with Crippen molar-refractivity contribution < 1.29 is 4.74 Å². The topological polar surface area (TPSA) is 12.5 Å². The van der Waals surface area contributed by atoms with E-state index in [-0.39, 0.29) is 5.41 Å². The molecule has 0 unspecified atom stereocenters. The molecule has 1 fully saturated rings. The van der Waals surface area contributed by atoms with Gasteiger partial charge in [0.25, 0.3) is 0 Å². The SMILES string of the molecule is CC(C)(C)c1ccc[c]c1CN1CCOCC1. The molecule has 0 saturated carbocycles. The van der Waals surface area contributed by atoms with Crippen LogP contribution in [0.15, 0.2) is 18.2 Å². The molecule has 0 aromatic heterocycles. The molecule has 93 valence electrons. The molecule has 0 bridgehead atoms. The quantitative estimate of drug-likeness (QED) is 0.777. The molecule has 0 atom stereocenters. The molecule has 0 N–H and O–H groups in total. The average Bonchev–Trinajstić information content (AvgIpc) is 2.30. The number of rotatable bonds is 2. The van der Waals surface area contributed by atoms with Gasteiger partial charge in [0.1, 0.15) is 0 Å². The number of benzene rings is 1. The van der Waals surface area contributed by atoms with Crippen molar-refractivity contribution in [3.05, 3.63) is 35.4 Å². The van der Waals surface area contributed by atoms with E-state index in [4.69, 9.17) is 4.74 Å². The molecule has 1 aliphatic heterocycles. The first-order valence-electron chi connectivity index (χ1n) is 6.37. The second-order valence-corrected chi connectivity index (χ2v) is 5.70. The van der Waals surface area contributed by atoms with Crippen LogP contribution in [0.4, 0.5) is 0 Å². The maximum absolute atomic E-state index is 5.38. The Labute approximate surface area is 105 Å². The highest BCUT2D eigenvalue weighted by molar-refractivity contribution is 5.31. The zero-order chi connectivity index (χ0) is 12.3. The van der Waals surface area contributed by atoms with Crippen LogP contribution in [0.1, 0.15) is 31.9 Å². The molecule has 2 nitrogen and oxygen atoms in total. The Morgan fingerprint density at radius 3 is 2.65 bits per heavy atom. The molecule has 1 aromatic rings. The zero-order valence-corrected chi connectivity index (χ0v) is 11.1. The van der Waals surface area contributed by atoms with Crippen molar-refractivity contribution in [2.24, 2.45) is 0 Å². The van der Waals surface area contributed by atoms with E-state index in [0.29, 0.717) is 0 Å². The van der Waals surface area contributed by atoms with Crippen molar-refractivity contribution >= 4 is 0 Å². The van der Waals surface area contributed by atoms with E-state index in [0.717, 1.165) is 32.8 Å². The average molecular weight is 232 g/mol. The van der Waals surface area contributed by atoms with E-state index in [2.05, 4.69) is 43.9 Å². The number of ether oxygens (including phenoxy) is 1. The Bertz CT molecular complexity index is 361. The van der Waals surface area contributed by atoms with Crippen molar-refractivity contribution in [3.63, 3.8) is 0 Å². The molecule has 1 aromatic carbocycles. The fourth-order valence-corrected chi connectivity index (χ4v) is 2.29. The molecule has 1 heterocycles. The van der Waals surface area contributed by atoms with Gasteiger partial charge in [0.05, 0.1) is 13.2 Å². The maximum atomic E-state index is 5.38. The summed E-state index contributed by atoms with van der Waals surface area (Å²) in [6, 6.07) is 9.74. The van der Waals surface area contributed by atoms with E-state index in [1.54, 1.807) is 0 Å². The summed E-state index contributed by atoms with van der Waals surface area (Å²) in [5, 5.41) is 0. The fourth-order valence-electron chi connectivity index (χ4n) is 2.29. The van der Waals surface area contributed by atoms with Crippen LogP contribution < -0.4 is 0 Å². The molecule has 0 amide bonds. The third-order valence-corrected chi connectivity index (χ3v) is 3.24. The van der Waals surface area contributed by atoms with Gasteiger partial charge in [0, 0.05) is 19.6 Å². The van der Waals surface area contributed by atoms with Gasteiger partial charge >= 0.3 is 0 Å². The number of morpholine rings is 1. The Morgan fingerprint density at radius 2 is 2.00 bits per heavy atom. The first-order chi connectivity index (χ1) is 8.07. The number of nitrogens with zero attached hydrogens (tertiary/aromatic N) is 1. The normalized spacial score (nSPS) is 18.3. The van der Waals surface area contributed by atoms with Gasteiger partial charge in [-0.15, -0.1) is 0 Å². The predicted molar refractivity (Wildman–Crippen MR) is 70.1 cm³/mol. The highest BCUT2D eigenvalue weighted by Gasteiger charge is 2.19. The van der Waals surface area contributed by atoms with Gasteiger partial charge in [-0.2, -0.15) is 0 Å². The lowest BCUT2D eigenvalue weighted by molar-refractivity contribution is 0.0339. The third-order valence-electron chi connectivity index (χ3n) is 3.24. The van der Waals surface area contributed by atoms with E-state index < -0.39 is 0 Å². The van der Waals surface area contributed by atoms with Gasteiger partial charge in [0.2, 0.25) is 0 Å². The van der Waals surface area contributed by atoms with Crippen LogP contribution >= 0.6 is 0 Å². The summed E-state index contributed by atoms with van der Waals surface area (Å²) < 4.78 is 5.38. The van der Waals surface area contributed by atoms with Crippen LogP contribution in [-0.4, -0.2) is 31.2 Å². The van der Waals surface area contributed by atoms with E-state index >= 15 is 0 Å². The predicted octanol–water partition coefficient (Wildman–Crippen LogP) is 2.62. The highest BCUT2D eigenvalue weighted by Crippen LogP contribution is 2.26. The first kappa shape index (κ1) is 12.6. The van der Waals surface area contributed by atoms with Gasteiger partial charge in [-0.1, -0.05) is 39.0 Å². The Kier molecular flexibility index (Phi) is 3.85. The molecule has 1 aliphatic rings. The Morgan fingerprint density at radius 1 is 1.29 bits per heavy atom. The number of hydrogen-bond acceptors (Lipinski definition) is 2. The van der Waals surface area contributed by atoms with Crippen LogP contribution in [0.2, 0.25) is 0 Å². The van der Waals surface area contributed by atoms with Gasteiger partial charge in [-0.3, -0.25) is 4.90 Å². The fraction of sp³-hybridized carbons (Fsp3) is 0.600. The Balaban J connectivity index is 2.14. The molecule has 0 spiro atoms. The minimum Gasteiger partial charge on any atom is -0.379 e. The monoisotopic (exact) mass is 232 g/mol. The van der Waals surface area contributed by atoms with Crippen molar-refractivity contribution in [2.75, 3.05) is 26.3 Å². The molecular formula is C15H22NO. The number of hydrogen-bond donors (Lipinski definition) is 0. The lowest BCUT2D eigenvalue weighted by Gasteiger charge is -2.29. The smallest absolute Gasteiger partial charge is 0.0594 e. The summed E-state index contributed by atoms with van der Waals surface area (Å²) in [4.78, 5) is 2.45. The van der Waals surface area contributed by atoms with Crippen molar-refractivity contribution in [1.29, 1.82) is 0 Å². The summed E-state index contributed by atoms with van der Waals surface area (Å²) in [6.45, 7) is 11.6. The molecule has 2 heteroatoms. The summed E-state index contributed by atoms with van der Waals surface area (Å²) in [5.74, 6) is 0. The summed E-state index contributed by atoms with van der Waals surface area (Å²) in [6.07, 6.45) is 0. The summed E-state index contributed by atoms with van der Waals surface area (Å²) in [5.41, 5.74) is 2.94. The molecule has 1 saturated heterocycles. The van der Waals surface area contributed by atoms with Crippen molar-refractivity contribution in [1.82, 2.24) is 4.90 Å². The molecule has 2 rings (SSSR count). The van der Waals surface area contributed by atoms with Crippen LogP contribution in [0.25, 0.3) is 0 Å². The van der Waals surface area contributed by atoms with Crippen LogP contribution in [0.3, 0.4) is 0 Å². The second-order valence-electron chi connectivity index (χ2n) is 5.70. The van der Waals surface area contributed by atoms with Gasteiger partial charge < -0.3 is 4.74 Å². The molecular weight excluding hydrogens is 210 g/mol. The van der Waals surface area contributed by atoms with Gasteiger partial charge in [-0.25, -0.2) is 0 Å².